The van der Waals surface area contributed by atoms with Crippen LogP contribution in [0.2, 0.25) is 0 Å². The van der Waals surface area contributed by atoms with Crippen LogP contribution in [0.15, 0.2) is 91.1 Å². The molecule has 2 heterocycles. The van der Waals surface area contributed by atoms with Crippen molar-refractivity contribution < 1.29 is 9.53 Å². The van der Waals surface area contributed by atoms with Gasteiger partial charge in [0.15, 0.2) is 0 Å². The number of amides is 1. The van der Waals surface area contributed by atoms with Crippen molar-refractivity contribution in [3.8, 4) is 11.3 Å². The molecule has 0 N–H and O–H groups in total. The zero-order valence-electron chi connectivity index (χ0n) is 19.7. The Kier molecular flexibility index (Phi) is 7.27. The molecule has 178 valence electrons. The Hall–Kier alpha value is -3.81. The van der Waals surface area contributed by atoms with Crippen LogP contribution < -0.4 is 4.90 Å². The lowest BCUT2D eigenvalue weighted by atomic mass is 10.1. The minimum Gasteiger partial charge on any atom is -0.370 e. The molecule has 1 amide bonds. The van der Waals surface area contributed by atoms with E-state index < -0.39 is 0 Å². The highest BCUT2D eigenvalue weighted by Gasteiger charge is 2.20. The van der Waals surface area contributed by atoms with Gasteiger partial charge in [-0.25, -0.2) is 0 Å². The largest absolute Gasteiger partial charge is 0.370 e. The highest BCUT2D eigenvalue weighted by atomic mass is 16.5. The van der Waals surface area contributed by atoms with Crippen molar-refractivity contribution in [2.45, 2.75) is 19.6 Å². The monoisotopic (exact) mass is 467 g/mol. The highest BCUT2D eigenvalue weighted by molar-refractivity contribution is 5.95. The molecule has 1 fully saturated rings. The molecule has 3 aromatic carbocycles. The van der Waals surface area contributed by atoms with Gasteiger partial charge in [0.1, 0.15) is 12.3 Å². The Morgan fingerprint density at radius 2 is 1.51 bits per heavy atom. The molecule has 1 aliphatic rings. The molecule has 0 atom stereocenters. The number of carbonyl (C=O) groups excluding carboxylic acids is 1. The van der Waals surface area contributed by atoms with E-state index >= 15 is 0 Å². The second-order valence-corrected chi connectivity index (χ2v) is 8.69. The summed E-state index contributed by atoms with van der Waals surface area (Å²) in [6.45, 7) is 4.63. The van der Waals surface area contributed by atoms with E-state index in [2.05, 4.69) is 63.7 Å². The average molecular weight is 468 g/mol. The van der Waals surface area contributed by atoms with Gasteiger partial charge in [0, 0.05) is 37.4 Å². The second kappa shape index (κ2) is 11.1. The van der Waals surface area contributed by atoms with Crippen LogP contribution in [0.5, 0.6) is 0 Å². The van der Waals surface area contributed by atoms with E-state index in [1.54, 1.807) is 4.90 Å². The lowest BCUT2D eigenvalue weighted by Crippen LogP contribution is -2.41. The van der Waals surface area contributed by atoms with Gasteiger partial charge < -0.3 is 9.64 Å². The number of benzene rings is 3. The summed E-state index contributed by atoms with van der Waals surface area (Å²) < 4.78 is 7.12. The molecule has 5 rings (SSSR count). The first-order valence-electron chi connectivity index (χ1n) is 11.9. The van der Waals surface area contributed by atoms with E-state index in [4.69, 9.17) is 4.74 Å². The zero-order chi connectivity index (χ0) is 23.9. The summed E-state index contributed by atoms with van der Waals surface area (Å²) in [4.78, 5) is 16.3. The normalized spacial score (nSPS) is 14.0. The molecular weight excluding hydrogens is 438 g/mol. The summed E-state index contributed by atoms with van der Waals surface area (Å²) in [5.74, 6) is -0.00879. The van der Waals surface area contributed by atoms with Gasteiger partial charge >= 0.3 is 0 Å². The third-order valence-electron chi connectivity index (χ3n) is 6.14. The van der Waals surface area contributed by atoms with E-state index in [9.17, 15) is 4.79 Å². The summed E-state index contributed by atoms with van der Waals surface area (Å²) in [7, 11) is 0. The Morgan fingerprint density at radius 1 is 0.857 bits per heavy atom. The van der Waals surface area contributed by atoms with Gasteiger partial charge in [0.05, 0.1) is 19.3 Å². The first kappa shape index (κ1) is 23.0. The Balaban J connectivity index is 1.24. The molecule has 1 aromatic heterocycles. The smallest absolute Gasteiger partial charge is 0.253 e. The summed E-state index contributed by atoms with van der Waals surface area (Å²) in [6, 6.07) is 29.0. The fourth-order valence-electron chi connectivity index (χ4n) is 4.28. The fourth-order valence-corrected chi connectivity index (χ4v) is 4.28. The summed E-state index contributed by atoms with van der Waals surface area (Å²) >= 11 is 0. The van der Waals surface area contributed by atoms with Crippen molar-refractivity contribution in [3.05, 3.63) is 102 Å². The molecule has 0 unspecified atom stereocenters. The van der Waals surface area contributed by atoms with Gasteiger partial charge in [-0.3, -0.25) is 14.4 Å². The standard InChI is InChI=1S/C28H29N5O2/c34-28-22-35-18-17-33(28)26-13-11-25(12-14-26)27-21-32(30-29-27)16-15-31(19-23-7-3-1-4-8-23)20-24-9-5-2-6-10-24/h1-14,21H,15-20,22H2. The minimum absolute atomic E-state index is 0.00879. The van der Waals surface area contributed by atoms with Crippen LogP contribution in [0.4, 0.5) is 5.69 Å². The van der Waals surface area contributed by atoms with Crippen LogP contribution >= 0.6 is 0 Å². The van der Waals surface area contributed by atoms with Crippen LogP contribution in [-0.4, -0.2) is 52.1 Å². The van der Waals surface area contributed by atoms with Crippen molar-refractivity contribution in [3.63, 3.8) is 0 Å². The molecule has 7 heteroatoms. The lowest BCUT2D eigenvalue weighted by molar-refractivity contribution is -0.125. The third kappa shape index (κ3) is 6.01. The fraction of sp³-hybridized carbons (Fsp3) is 0.250. The Labute approximate surface area is 205 Å². The maximum atomic E-state index is 12.1. The number of rotatable bonds is 9. The van der Waals surface area contributed by atoms with Gasteiger partial charge in [0.2, 0.25) is 0 Å². The van der Waals surface area contributed by atoms with E-state index in [1.807, 2.05) is 47.3 Å². The molecule has 0 radical (unpaired) electrons. The lowest BCUT2D eigenvalue weighted by Gasteiger charge is -2.26. The van der Waals surface area contributed by atoms with Crippen molar-refractivity contribution in [1.82, 2.24) is 19.9 Å². The molecule has 1 saturated heterocycles. The summed E-state index contributed by atoms with van der Waals surface area (Å²) in [5.41, 5.74) is 5.27. The molecule has 0 spiro atoms. The molecule has 7 nitrogen and oxygen atoms in total. The predicted molar refractivity (Wildman–Crippen MR) is 136 cm³/mol. The van der Waals surface area contributed by atoms with E-state index in [1.165, 1.54) is 11.1 Å². The van der Waals surface area contributed by atoms with Gasteiger partial charge in [-0.2, -0.15) is 0 Å². The van der Waals surface area contributed by atoms with Gasteiger partial charge in [0.25, 0.3) is 5.91 Å². The van der Waals surface area contributed by atoms with Crippen LogP contribution in [0.25, 0.3) is 11.3 Å². The van der Waals surface area contributed by atoms with Crippen LogP contribution in [0, 0.1) is 0 Å². The average Bonchev–Trinajstić information content (AvgIpc) is 3.38. The molecular formula is C28H29N5O2. The Morgan fingerprint density at radius 3 is 2.14 bits per heavy atom. The number of nitrogens with zero attached hydrogens (tertiary/aromatic N) is 5. The SMILES string of the molecule is O=C1COCCN1c1ccc(-c2cn(CCN(Cc3ccccc3)Cc3ccccc3)nn2)cc1. The number of ether oxygens (including phenoxy) is 1. The van der Waals surface area contributed by atoms with Crippen molar-refractivity contribution in [1.29, 1.82) is 0 Å². The maximum Gasteiger partial charge on any atom is 0.253 e. The van der Waals surface area contributed by atoms with Gasteiger partial charge in [-0.05, 0) is 23.3 Å². The molecule has 0 bridgehead atoms. The van der Waals surface area contributed by atoms with Gasteiger partial charge in [-0.1, -0.05) is 78.0 Å². The molecule has 35 heavy (non-hydrogen) atoms. The second-order valence-electron chi connectivity index (χ2n) is 8.69. The predicted octanol–water partition coefficient (Wildman–Crippen LogP) is 4.01. The molecule has 4 aromatic rings. The van der Waals surface area contributed by atoms with Gasteiger partial charge in [-0.15, -0.1) is 5.10 Å². The molecule has 1 aliphatic heterocycles. The quantitative estimate of drug-likeness (QED) is 0.372. The van der Waals surface area contributed by atoms with Crippen LogP contribution in [0.1, 0.15) is 11.1 Å². The maximum absolute atomic E-state index is 12.1. The minimum atomic E-state index is -0.00879. The van der Waals surface area contributed by atoms with E-state index in [0.29, 0.717) is 13.2 Å². The number of hydrogen-bond acceptors (Lipinski definition) is 5. The number of aromatic nitrogens is 3. The molecule has 0 saturated carbocycles. The zero-order valence-corrected chi connectivity index (χ0v) is 19.7. The number of morpholine rings is 1. The van der Waals surface area contributed by atoms with Crippen molar-refractivity contribution >= 4 is 11.6 Å². The summed E-state index contributed by atoms with van der Waals surface area (Å²) in [6.07, 6.45) is 1.98. The van der Waals surface area contributed by atoms with Crippen molar-refractivity contribution in [2.75, 3.05) is 31.2 Å². The summed E-state index contributed by atoms with van der Waals surface area (Å²) in [5, 5.41) is 8.75. The number of hydrogen-bond donors (Lipinski definition) is 0. The van der Waals surface area contributed by atoms with E-state index in [-0.39, 0.29) is 12.5 Å². The topological polar surface area (TPSA) is 63.5 Å². The van der Waals surface area contributed by atoms with Crippen LogP contribution in [-0.2, 0) is 29.2 Å². The Bertz CT molecular complexity index is 1180. The third-order valence-corrected chi connectivity index (χ3v) is 6.14. The van der Waals surface area contributed by atoms with Crippen molar-refractivity contribution in [2.24, 2.45) is 0 Å². The van der Waals surface area contributed by atoms with E-state index in [0.717, 1.165) is 43.1 Å². The first-order chi connectivity index (χ1) is 17.2. The molecule has 0 aliphatic carbocycles. The number of carbonyl (C=O) groups is 1. The number of anilines is 1. The van der Waals surface area contributed by atoms with Crippen LogP contribution in [0.3, 0.4) is 0 Å². The first-order valence-corrected chi connectivity index (χ1v) is 11.9. The highest BCUT2D eigenvalue weighted by Crippen LogP contribution is 2.22.